The van der Waals surface area contributed by atoms with E-state index in [2.05, 4.69) is 5.32 Å². The quantitative estimate of drug-likeness (QED) is 0.682. The van der Waals surface area contributed by atoms with Crippen LogP contribution in [0.25, 0.3) is 10.8 Å². The summed E-state index contributed by atoms with van der Waals surface area (Å²) >= 11 is 1.45. The fourth-order valence-electron chi connectivity index (χ4n) is 4.01. The minimum Gasteiger partial charge on any atom is -0.492 e. The molecule has 3 aromatic rings. The monoisotopic (exact) mass is 413 g/mol. The molecular formula is C21H20FN3O3S. The number of anilines is 2. The van der Waals surface area contributed by atoms with Gasteiger partial charge in [0, 0.05) is 23.4 Å². The van der Waals surface area contributed by atoms with Gasteiger partial charge in [0.2, 0.25) is 5.88 Å². The summed E-state index contributed by atoms with van der Waals surface area (Å²) < 4.78 is 16.0. The highest BCUT2D eigenvalue weighted by Gasteiger charge is 2.29. The van der Waals surface area contributed by atoms with Crippen LogP contribution in [0.1, 0.15) is 18.4 Å². The molecule has 0 radical (unpaired) electrons. The maximum atomic E-state index is 15.1. The molecule has 8 heteroatoms. The Labute approximate surface area is 170 Å². The summed E-state index contributed by atoms with van der Waals surface area (Å²) in [6.07, 6.45) is 2.04. The first kappa shape index (κ1) is 18.2. The van der Waals surface area contributed by atoms with Gasteiger partial charge in [0.15, 0.2) is 0 Å². The summed E-state index contributed by atoms with van der Waals surface area (Å²) in [4.78, 5) is 21.4. The summed E-state index contributed by atoms with van der Waals surface area (Å²) in [5.74, 6) is -0.328. The van der Waals surface area contributed by atoms with Crippen LogP contribution < -0.4 is 20.6 Å². The smallest absolute Gasteiger partial charge is 0.310 e. The molecule has 2 aromatic carbocycles. The van der Waals surface area contributed by atoms with Crippen LogP contribution in [-0.2, 0) is 6.61 Å². The Bertz CT molecular complexity index is 1140. The molecule has 0 amide bonds. The summed E-state index contributed by atoms with van der Waals surface area (Å²) in [7, 11) is 0. The maximum absolute atomic E-state index is 15.1. The van der Waals surface area contributed by atoms with Crippen molar-refractivity contribution >= 4 is 33.9 Å². The maximum Gasteiger partial charge on any atom is 0.310 e. The third-order valence-corrected chi connectivity index (χ3v) is 6.36. The standard InChI is InChI=1S/C21H20FN3O3S/c22-15-10-14-16-17(23-12-29-19(16)18(15)24-8-4-5-9-24)21(27)25(20(14)26)28-11-13-6-2-1-3-7-13/h1-3,6-7,10,23,26H,4-5,8-9,11-12H2. The fraction of sp³-hybridized carbons (Fsp3) is 0.286. The molecule has 2 aliphatic rings. The SMILES string of the molecule is O=c1c2c3c(c(N4CCCC4)c(F)cc3c(O)n1OCc1ccccc1)SCN2. The van der Waals surface area contributed by atoms with Crippen LogP contribution in [0.2, 0.25) is 0 Å². The highest BCUT2D eigenvalue weighted by molar-refractivity contribution is 7.99. The Balaban J connectivity index is 1.66. The van der Waals surface area contributed by atoms with E-state index in [0.717, 1.165) is 36.2 Å². The van der Waals surface area contributed by atoms with Crippen LogP contribution in [0.3, 0.4) is 0 Å². The molecule has 3 heterocycles. The van der Waals surface area contributed by atoms with E-state index in [-0.39, 0.29) is 17.9 Å². The average molecular weight is 413 g/mol. The number of halogens is 1. The molecule has 0 spiro atoms. The first-order chi connectivity index (χ1) is 14.1. The largest absolute Gasteiger partial charge is 0.492 e. The molecule has 0 bridgehead atoms. The van der Waals surface area contributed by atoms with E-state index in [1.807, 2.05) is 35.2 Å². The Morgan fingerprint density at radius 2 is 1.97 bits per heavy atom. The van der Waals surface area contributed by atoms with Gasteiger partial charge in [-0.05, 0) is 24.5 Å². The highest BCUT2D eigenvalue weighted by Crippen LogP contribution is 2.46. The molecule has 1 saturated heterocycles. The van der Waals surface area contributed by atoms with Gasteiger partial charge >= 0.3 is 5.56 Å². The topological polar surface area (TPSA) is 66.7 Å². The van der Waals surface area contributed by atoms with Gasteiger partial charge in [-0.15, -0.1) is 16.5 Å². The minimum atomic E-state index is -0.480. The van der Waals surface area contributed by atoms with Gasteiger partial charge in [-0.25, -0.2) is 4.39 Å². The minimum absolute atomic E-state index is 0.106. The van der Waals surface area contributed by atoms with Crippen LogP contribution in [0.15, 0.2) is 46.1 Å². The number of benzene rings is 2. The van der Waals surface area contributed by atoms with E-state index in [9.17, 15) is 9.90 Å². The van der Waals surface area contributed by atoms with Gasteiger partial charge in [-0.2, -0.15) is 0 Å². The number of nitrogens with zero attached hydrogens (tertiary/aromatic N) is 2. The van der Waals surface area contributed by atoms with Gasteiger partial charge in [-0.1, -0.05) is 30.3 Å². The molecule has 1 fully saturated rings. The first-order valence-corrected chi connectivity index (χ1v) is 10.6. The van der Waals surface area contributed by atoms with Gasteiger partial charge in [0.1, 0.15) is 18.1 Å². The average Bonchev–Trinajstić information content (AvgIpc) is 3.26. The summed E-state index contributed by atoms with van der Waals surface area (Å²) in [5, 5.41) is 14.7. The summed E-state index contributed by atoms with van der Waals surface area (Å²) in [6.45, 7) is 1.69. The van der Waals surface area contributed by atoms with Crippen molar-refractivity contribution in [3.63, 3.8) is 0 Å². The van der Waals surface area contributed by atoms with E-state index in [0.29, 0.717) is 27.5 Å². The van der Waals surface area contributed by atoms with Crippen molar-refractivity contribution in [3.05, 3.63) is 58.1 Å². The van der Waals surface area contributed by atoms with Crippen molar-refractivity contribution in [1.82, 2.24) is 4.73 Å². The third-order valence-electron chi connectivity index (χ3n) is 5.38. The van der Waals surface area contributed by atoms with E-state index in [1.165, 1.54) is 17.8 Å². The number of aromatic nitrogens is 1. The van der Waals surface area contributed by atoms with E-state index < -0.39 is 11.4 Å². The molecule has 2 N–H and O–H groups in total. The van der Waals surface area contributed by atoms with Crippen LogP contribution in [0.5, 0.6) is 5.88 Å². The van der Waals surface area contributed by atoms with E-state index in [1.54, 1.807) is 0 Å². The molecule has 0 aliphatic carbocycles. The lowest BCUT2D eigenvalue weighted by atomic mass is 10.1. The number of hydrogen-bond acceptors (Lipinski definition) is 6. The van der Waals surface area contributed by atoms with Crippen LogP contribution in [0, 0.1) is 5.82 Å². The zero-order valence-electron chi connectivity index (χ0n) is 15.7. The molecule has 2 aliphatic heterocycles. The molecule has 6 nitrogen and oxygen atoms in total. The zero-order valence-corrected chi connectivity index (χ0v) is 16.5. The number of hydrogen-bond donors (Lipinski definition) is 2. The molecule has 150 valence electrons. The number of nitrogens with one attached hydrogen (secondary N) is 1. The van der Waals surface area contributed by atoms with Crippen LogP contribution >= 0.6 is 11.8 Å². The molecule has 0 unspecified atom stereocenters. The summed E-state index contributed by atoms with van der Waals surface area (Å²) in [6, 6.07) is 10.7. The van der Waals surface area contributed by atoms with Crippen LogP contribution in [0.4, 0.5) is 15.8 Å². The fourth-order valence-corrected chi connectivity index (χ4v) is 5.09. The second kappa shape index (κ2) is 7.18. The van der Waals surface area contributed by atoms with Gasteiger partial charge in [0.05, 0.1) is 17.0 Å². The highest BCUT2D eigenvalue weighted by atomic mass is 32.2. The lowest BCUT2D eigenvalue weighted by molar-refractivity contribution is 0.0730. The molecule has 5 rings (SSSR count). The predicted octanol–water partition coefficient (Wildman–Crippen LogP) is 3.55. The van der Waals surface area contributed by atoms with Crippen molar-refractivity contribution in [2.45, 2.75) is 24.3 Å². The molecule has 29 heavy (non-hydrogen) atoms. The first-order valence-electron chi connectivity index (χ1n) is 9.58. The second-order valence-electron chi connectivity index (χ2n) is 7.18. The van der Waals surface area contributed by atoms with Crippen molar-refractivity contribution < 1.29 is 14.3 Å². The van der Waals surface area contributed by atoms with Gasteiger partial charge < -0.3 is 20.2 Å². The Morgan fingerprint density at radius 3 is 2.72 bits per heavy atom. The molecule has 0 saturated carbocycles. The Morgan fingerprint density at radius 1 is 1.21 bits per heavy atom. The second-order valence-corrected chi connectivity index (χ2v) is 8.16. The third kappa shape index (κ3) is 2.98. The zero-order chi connectivity index (χ0) is 20.0. The Kier molecular flexibility index (Phi) is 4.50. The number of thioether (sulfide) groups is 1. The predicted molar refractivity (Wildman–Crippen MR) is 112 cm³/mol. The summed E-state index contributed by atoms with van der Waals surface area (Å²) in [5.41, 5.74) is 1.24. The Hall–Kier alpha value is -2.87. The number of rotatable bonds is 4. The number of pyridine rings is 1. The van der Waals surface area contributed by atoms with E-state index in [4.69, 9.17) is 4.84 Å². The van der Waals surface area contributed by atoms with Gasteiger partial charge in [0.25, 0.3) is 0 Å². The number of aromatic hydroxyl groups is 1. The lowest BCUT2D eigenvalue weighted by Crippen LogP contribution is -2.31. The lowest BCUT2D eigenvalue weighted by Gasteiger charge is -2.27. The molecule has 1 aromatic heterocycles. The van der Waals surface area contributed by atoms with E-state index >= 15 is 4.39 Å². The van der Waals surface area contributed by atoms with Crippen molar-refractivity contribution in [1.29, 1.82) is 0 Å². The van der Waals surface area contributed by atoms with Crippen LogP contribution in [-0.4, -0.2) is 28.8 Å². The van der Waals surface area contributed by atoms with Crippen molar-refractivity contribution in [2.75, 3.05) is 29.2 Å². The van der Waals surface area contributed by atoms with Gasteiger partial charge in [-0.3, -0.25) is 4.79 Å². The van der Waals surface area contributed by atoms with Crippen molar-refractivity contribution in [3.8, 4) is 5.88 Å². The van der Waals surface area contributed by atoms with Crippen molar-refractivity contribution in [2.24, 2.45) is 0 Å². The normalized spacial score (nSPS) is 15.6. The molecule has 0 atom stereocenters. The molecular weight excluding hydrogens is 393 g/mol.